The first-order chi connectivity index (χ1) is 12.6. The molecule has 146 valence electrons. The average molecular weight is 488 g/mol. The number of nitrogens with one attached hydrogen (secondary N) is 2. The van der Waals surface area contributed by atoms with Crippen LogP contribution in [0.1, 0.15) is 76.7 Å². The molecular weight excluding hydrogens is 456 g/mol. The van der Waals surface area contributed by atoms with Crippen molar-refractivity contribution in [2.45, 2.75) is 77.7 Å². The number of hydrogen-bond acceptors (Lipinski definition) is 2. The Bertz CT molecular complexity index is 571. The average Bonchev–Trinajstić information content (AvgIpc) is 2.62. The lowest BCUT2D eigenvalue weighted by atomic mass is 9.89. The second kappa shape index (κ2) is 12.1. The number of halogens is 2. The summed E-state index contributed by atoms with van der Waals surface area (Å²) < 4.78 is 1.96. The minimum absolute atomic E-state index is 0.109. The van der Waals surface area contributed by atoms with Gasteiger partial charge in [0.25, 0.3) is 0 Å². The van der Waals surface area contributed by atoms with Crippen LogP contribution in [0.5, 0.6) is 0 Å². The van der Waals surface area contributed by atoms with Crippen LogP contribution in [-0.2, 0) is 11.3 Å². The van der Waals surface area contributed by atoms with Gasteiger partial charge in [-0.3, -0.25) is 4.79 Å². The van der Waals surface area contributed by atoms with Gasteiger partial charge in [0.2, 0.25) is 5.91 Å². The third kappa shape index (κ3) is 7.69. The number of carbonyl (C=O) groups excluding carboxylic acids is 1. The maximum Gasteiger partial charge on any atom is 0.224 e. The van der Waals surface area contributed by atoms with Gasteiger partial charge in [0.1, 0.15) is 0 Å². The number of benzene rings is 1. The second-order valence-electron chi connectivity index (χ2n) is 7.42. The first kappa shape index (κ1) is 21.9. The maximum absolute atomic E-state index is 12.3. The van der Waals surface area contributed by atoms with Crippen LogP contribution in [0.2, 0.25) is 0 Å². The molecule has 0 aromatic heterocycles. The Morgan fingerprint density at radius 3 is 2.62 bits per heavy atom. The first-order valence-electron chi connectivity index (χ1n) is 10.1. The van der Waals surface area contributed by atoms with Crippen molar-refractivity contribution in [1.82, 2.24) is 5.32 Å². The van der Waals surface area contributed by atoms with Crippen LogP contribution in [0.15, 0.2) is 21.1 Å². The number of rotatable bonds is 10. The fourth-order valence-electron chi connectivity index (χ4n) is 3.62. The summed E-state index contributed by atoms with van der Waals surface area (Å²) in [5.41, 5.74) is 2.04. The highest BCUT2D eigenvalue weighted by Crippen LogP contribution is 2.31. The van der Waals surface area contributed by atoms with E-state index in [0.29, 0.717) is 6.42 Å². The third-order valence-corrected chi connectivity index (χ3v) is 6.21. The Kier molecular flexibility index (Phi) is 10.2. The first-order valence-corrected chi connectivity index (χ1v) is 11.7. The molecule has 1 fully saturated rings. The van der Waals surface area contributed by atoms with E-state index in [-0.39, 0.29) is 5.91 Å². The molecule has 0 spiro atoms. The van der Waals surface area contributed by atoms with Crippen molar-refractivity contribution in [3.63, 3.8) is 0 Å². The summed E-state index contributed by atoms with van der Waals surface area (Å²) in [7, 11) is 0. The maximum atomic E-state index is 12.3. The second-order valence-corrected chi connectivity index (χ2v) is 9.19. The highest BCUT2D eigenvalue weighted by atomic mass is 79.9. The summed E-state index contributed by atoms with van der Waals surface area (Å²) in [6.07, 6.45) is 11.9. The number of carbonyl (C=O) groups is 1. The largest absolute Gasteiger partial charge is 0.325 e. The monoisotopic (exact) mass is 486 g/mol. The van der Waals surface area contributed by atoms with E-state index in [9.17, 15) is 4.79 Å². The summed E-state index contributed by atoms with van der Waals surface area (Å²) >= 11 is 7.19. The lowest BCUT2D eigenvalue weighted by Gasteiger charge is -2.22. The van der Waals surface area contributed by atoms with Crippen LogP contribution in [0.4, 0.5) is 5.69 Å². The fourth-order valence-corrected chi connectivity index (χ4v) is 5.04. The minimum Gasteiger partial charge on any atom is -0.325 e. The van der Waals surface area contributed by atoms with Crippen molar-refractivity contribution in [3.8, 4) is 0 Å². The minimum atomic E-state index is 0.109. The normalized spacial score (nSPS) is 15.2. The Hall–Kier alpha value is -0.390. The zero-order valence-electron chi connectivity index (χ0n) is 15.9. The molecule has 0 aliphatic heterocycles. The molecule has 1 aromatic rings. The van der Waals surface area contributed by atoms with Gasteiger partial charge in [-0.05, 0) is 65.4 Å². The van der Waals surface area contributed by atoms with E-state index in [0.717, 1.165) is 52.0 Å². The van der Waals surface area contributed by atoms with Crippen LogP contribution in [0.3, 0.4) is 0 Å². The number of unbranched alkanes of at least 4 members (excludes halogenated alkanes) is 3. The van der Waals surface area contributed by atoms with Gasteiger partial charge < -0.3 is 10.6 Å². The molecule has 2 N–H and O–H groups in total. The van der Waals surface area contributed by atoms with Crippen LogP contribution >= 0.6 is 31.9 Å². The van der Waals surface area contributed by atoms with Gasteiger partial charge in [0.15, 0.2) is 0 Å². The van der Waals surface area contributed by atoms with E-state index >= 15 is 0 Å². The van der Waals surface area contributed by atoms with Crippen LogP contribution in [0.25, 0.3) is 0 Å². The smallest absolute Gasteiger partial charge is 0.224 e. The topological polar surface area (TPSA) is 41.1 Å². The van der Waals surface area contributed by atoms with Crippen molar-refractivity contribution < 1.29 is 4.79 Å². The number of amides is 1. The summed E-state index contributed by atoms with van der Waals surface area (Å²) in [6.45, 7) is 4.03. The van der Waals surface area contributed by atoms with Gasteiger partial charge in [-0.1, -0.05) is 61.4 Å². The molecule has 26 heavy (non-hydrogen) atoms. The van der Waals surface area contributed by atoms with Crippen LogP contribution < -0.4 is 10.6 Å². The third-order valence-electron chi connectivity index (χ3n) is 5.13. The molecule has 0 heterocycles. The lowest BCUT2D eigenvalue weighted by Crippen LogP contribution is -2.25. The van der Waals surface area contributed by atoms with E-state index in [2.05, 4.69) is 55.5 Å². The molecule has 2 rings (SSSR count). The standard InChI is InChI=1S/C21H32Br2N2O/c1-2-3-4-8-11-20(26)25-21-17(12-18(22)13-19(21)23)15-24-14-16-9-6-5-7-10-16/h12-13,16,24H,2-11,14-15H2,1H3,(H,25,26). The Morgan fingerprint density at radius 1 is 1.12 bits per heavy atom. The lowest BCUT2D eigenvalue weighted by molar-refractivity contribution is -0.116. The molecule has 3 nitrogen and oxygen atoms in total. The molecule has 0 unspecified atom stereocenters. The highest BCUT2D eigenvalue weighted by molar-refractivity contribution is 9.11. The molecule has 0 radical (unpaired) electrons. The van der Waals surface area contributed by atoms with E-state index < -0.39 is 0 Å². The molecule has 0 atom stereocenters. The highest BCUT2D eigenvalue weighted by Gasteiger charge is 2.15. The predicted molar refractivity (Wildman–Crippen MR) is 118 cm³/mol. The zero-order valence-corrected chi connectivity index (χ0v) is 19.1. The van der Waals surface area contributed by atoms with Gasteiger partial charge in [0.05, 0.1) is 5.69 Å². The molecule has 1 aliphatic rings. The number of hydrogen-bond donors (Lipinski definition) is 2. The fraction of sp³-hybridized carbons (Fsp3) is 0.667. The van der Waals surface area contributed by atoms with Gasteiger partial charge in [-0.15, -0.1) is 0 Å². The molecule has 1 amide bonds. The van der Waals surface area contributed by atoms with Crippen molar-refractivity contribution in [2.24, 2.45) is 5.92 Å². The van der Waals surface area contributed by atoms with Gasteiger partial charge >= 0.3 is 0 Å². The summed E-state index contributed by atoms with van der Waals surface area (Å²) in [4.78, 5) is 12.3. The number of anilines is 1. The Morgan fingerprint density at radius 2 is 1.88 bits per heavy atom. The van der Waals surface area contributed by atoms with Gasteiger partial charge in [-0.25, -0.2) is 0 Å². The Labute approximate surface area is 175 Å². The molecule has 5 heteroatoms. The van der Waals surface area contributed by atoms with Crippen LogP contribution in [-0.4, -0.2) is 12.5 Å². The SMILES string of the molecule is CCCCCCC(=O)Nc1c(Br)cc(Br)cc1CNCC1CCCCC1. The van der Waals surface area contributed by atoms with Gasteiger partial charge in [0, 0.05) is 21.9 Å². The molecule has 1 aliphatic carbocycles. The molecule has 1 saturated carbocycles. The summed E-state index contributed by atoms with van der Waals surface area (Å²) in [5, 5.41) is 6.73. The Balaban J connectivity index is 1.91. The van der Waals surface area contributed by atoms with Crippen molar-refractivity contribution >= 4 is 43.5 Å². The zero-order chi connectivity index (χ0) is 18.8. The molecule has 1 aromatic carbocycles. The van der Waals surface area contributed by atoms with E-state index in [1.54, 1.807) is 0 Å². The van der Waals surface area contributed by atoms with Crippen LogP contribution in [0, 0.1) is 5.92 Å². The van der Waals surface area contributed by atoms with E-state index in [4.69, 9.17) is 0 Å². The van der Waals surface area contributed by atoms with Crippen molar-refractivity contribution in [2.75, 3.05) is 11.9 Å². The predicted octanol–water partition coefficient (Wildman–Crippen LogP) is 6.79. The van der Waals surface area contributed by atoms with E-state index in [1.165, 1.54) is 44.9 Å². The molecule has 0 bridgehead atoms. The summed E-state index contributed by atoms with van der Waals surface area (Å²) in [5.74, 6) is 0.911. The van der Waals surface area contributed by atoms with Crippen molar-refractivity contribution in [1.29, 1.82) is 0 Å². The van der Waals surface area contributed by atoms with E-state index in [1.807, 2.05) is 6.07 Å². The van der Waals surface area contributed by atoms with Crippen molar-refractivity contribution in [3.05, 3.63) is 26.6 Å². The quantitative estimate of drug-likeness (QED) is 0.356. The molecule has 0 saturated heterocycles. The van der Waals surface area contributed by atoms with Gasteiger partial charge in [-0.2, -0.15) is 0 Å². The molecular formula is C21H32Br2N2O. The summed E-state index contributed by atoms with van der Waals surface area (Å²) in [6, 6.07) is 4.10.